The van der Waals surface area contributed by atoms with E-state index in [1.807, 2.05) is 11.8 Å². The molecule has 1 saturated heterocycles. The zero-order chi connectivity index (χ0) is 12.5. The third-order valence-electron chi connectivity index (χ3n) is 3.11. The Balaban J connectivity index is 2.20. The van der Waals surface area contributed by atoms with Gasteiger partial charge >= 0.3 is 5.97 Å². The van der Waals surface area contributed by atoms with Crippen molar-refractivity contribution in [2.75, 3.05) is 31.2 Å². The number of carboxylic acids is 1. The highest BCUT2D eigenvalue weighted by molar-refractivity contribution is 7.99. The Morgan fingerprint density at radius 3 is 2.76 bits per heavy atom. The van der Waals surface area contributed by atoms with Crippen molar-refractivity contribution in [1.82, 2.24) is 4.90 Å². The summed E-state index contributed by atoms with van der Waals surface area (Å²) in [6.07, 6.45) is 4.46. The predicted octanol–water partition coefficient (Wildman–Crippen LogP) is 1.43. The molecule has 5 heteroatoms. The van der Waals surface area contributed by atoms with Gasteiger partial charge in [0.25, 0.3) is 0 Å². The molecule has 1 fully saturated rings. The SMILES string of the molecule is O=C(O)CC1CSCCN1CCCCCCO. The number of carboxylic acid groups (broad SMARTS) is 1. The molecule has 0 aromatic carbocycles. The minimum absolute atomic E-state index is 0.212. The molecule has 2 N–H and O–H groups in total. The lowest BCUT2D eigenvalue weighted by molar-refractivity contribution is -0.138. The minimum atomic E-state index is -0.692. The Hall–Kier alpha value is -0.260. The van der Waals surface area contributed by atoms with Crippen molar-refractivity contribution < 1.29 is 15.0 Å². The van der Waals surface area contributed by atoms with Crippen LogP contribution in [0.15, 0.2) is 0 Å². The van der Waals surface area contributed by atoms with E-state index in [1.54, 1.807) is 0 Å². The van der Waals surface area contributed by atoms with E-state index in [0.717, 1.165) is 50.3 Å². The lowest BCUT2D eigenvalue weighted by atomic mass is 10.1. The first-order valence-corrected chi connectivity index (χ1v) is 7.54. The number of thioether (sulfide) groups is 1. The summed E-state index contributed by atoms with van der Waals surface area (Å²) >= 11 is 1.86. The quantitative estimate of drug-likeness (QED) is 0.647. The van der Waals surface area contributed by atoms with Crippen molar-refractivity contribution in [3.05, 3.63) is 0 Å². The van der Waals surface area contributed by atoms with Gasteiger partial charge in [0.15, 0.2) is 0 Å². The lowest BCUT2D eigenvalue weighted by Gasteiger charge is -2.34. The Labute approximate surface area is 107 Å². The first kappa shape index (κ1) is 14.8. The van der Waals surface area contributed by atoms with Gasteiger partial charge in [0.1, 0.15) is 0 Å². The van der Waals surface area contributed by atoms with Crippen LogP contribution in [0.4, 0.5) is 0 Å². The molecular formula is C12H23NO3S. The molecule has 0 radical (unpaired) electrons. The summed E-state index contributed by atoms with van der Waals surface area (Å²) in [5.41, 5.74) is 0. The normalized spacial score (nSPS) is 21.6. The van der Waals surface area contributed by atoms with E-state index in [-0.39, 0.29) is 19.1 Å². The number of hydrogen-bond donors (Lipinski definition) is 2. The van der Waals surface area contributed by atoms with Crippen molar-refractivity contribution >= 4 is 17.7 Å². The fourth-order valence-corrected chi connectivity index (χ4v) is 3.28. The van der Waals surface area contributed by atoms with E-state index in [0.29, 0.717) is 0 Å². The second-order valence-electron chi connectivity index (χ2n) is 4.50. The van der Waals surface area contributed by atoms with Crippen molar-refractivity contribution in [3.63, 3.8) is 0 Å². The summed E-state index contributed by atoms with van der Waals surface area (Å²) in [7, 11) is 0. The Morgan fingerprint density at radius 1 is 1.29 bits per heavy atom. The molecule has 0 spiro atoms. The first-order chi connectivity index (χ1) is 8.24. The van der Waals surface area contributed by atoms with Gasteiger partial charge in [-0.25, -0.2) is 0 Å². The fraction of sp³-hybridized carbons (Fsp3) is 0.917. The molecule has 0 aliphatic carbocycles. The van der Waals surface area contributed by atoms with Crippen LogP contribution in [-0.4, -0.2) is 58.3 Å². The average molecular weight is 261 g/mol. The molecule has 1 aliphatic heterocycles. The van der Waals surface area contributed by atoms with Gasteiger partial charge < -0.3 is 10.2 Å². The molecule has 1 unspecified atom stereocenters. The molecular weight excluding hydrogens is 238 g/mol. The number of aliphatic hydroxyl groups excluding tert-OH is 1. The molecule has 0 aromatic rings. The van der Waals surface area contributed by atoms with Crippen molar-refractivity contribution in [2.45, 2.75) is 38.1 Å². The van der Waals surface area contributed by atoms with Gasteiger partial charge in [0.05, 0.1) is 6.42 Å². The number of nitrogens with zero attached hydrogens (tertiary/aromatic N) is 1. The molecule has 1 heterocycles. The number of carbonyl (C=O) groups is 1. The smallest absolute Gasteiger partial charge is 0.304 e. The summed E-state index contributed by atoms with van der Waals surface area (Å²) in [4.78, 5) is 13.1. The maximum Gasteiger partial charge on any atom is 0.304 e. The molecule has 0 saturated carbocycles. The number of aliphatic hydroxyl groups is 1. The monoisotopic (exact) mass is 261 g/mol. The highest BCUT2D eigenvalue weighted by Gasteiger charge is 2.24. The topological polar surface area (TPSA) is 60.8 Å². The summed E-state index contributed by atoms with van der Waals surface area (Å²) in [5.74, 6) is 1.37. The number of unbranched alkanes of at least 4 members (excludes halogenated alkanes) is 3. The number of rotatable bonds is 8. The maximum atomic E-state index is 10.8. The minimum Gasteiger partial charge on any atom is -0.481 e. The van der Waals surface area contributed by atoms with Crippen LogP contribution in [0.1, 0.15) is 32.1 Å². The van der Waals surface area contributed by atoms with Gasteiger partial charge in [-0.05, 0) is 19.4 Å². The molecule has 0 bridgehead atoms. The van der Waals surface area contributed by atoms with Crippen LogP contribution in [0.3, 0.4) is 0 Å². The van der Waals surface area contributed by atoms with Gasteiger partial charge in [-0.3, -0.25) is 9.69 Å². The van der Waals surface area contributed by atoms with Gasteiger partial charge in [-0.15, -0.1) is 0 Å². The number of aliphatic carboxylic acids is 1. The third-order valence-corrected chi connectivity index (χ3v) is 4.20. The van der Waals surface area contributed by atoms with Gasteiger partial charge in [-0.2, -0.15) is 11.8 Å². The molecule has 4 nitrogen and oxygen atoms in total. The standard InChI is InChI=1S/C12H23NO3S/c14-7-4-2-1-3-5-13-6-8-17-10-11(13)9-12(15)16/h11,14H,1-10H2,(H,15,16). The van der Waals surface area contributed by atoms with E-state index < -0.39 is 5.97 Å². The van der Waals surface area contributed by atoms with E-state index >= 15 is 0 Å². The van der Waals surface area contributed by atoms with Crippen LogP contribution >= 0.6 is 11.8 Å². The molecule has 17 heavy (non-hydrogen) atoms. The Morgan fingerprint density at radius 2 is 2.06 bits per heavy atom. The van der Waals surface area contributed by atoms with E-state index in [1.165, 1.54) is 0 Å². The van der Waals surface area contributed by atoms with Crippen LogP contribution in [0, 0.1) is 0 Å². The van der Waals surface area contributed by atoms with E-state index in [9.17, 15) is 4.79 Å². The first-order valence-electron chi connectivity index (χ1n) is 6.38. The van der Waals surface area contributed by atoms with Crippen LogP contribution in [0.2, 0.25) is 0 Å². The highest BCUT2D eigenvalue weighted by atomic mass is 32.2. The highest BCUT2D eigenvalue weighted by Crippen LogP contribution is 2.19. The zero-order valence-electron chi connectivity index (χ0n) is 10.3. The van der Waals surface area contributed by atoms with Crippen molar-refractivity contribution in [2.24, 2.45) is 0 Å². The summed E-state index contributed by atoms with van der Waals surface area (Å²) in [6, 6.07) is 0.212. The summed E-state index contributed by atoms with van der Waals surface area (Å²) in [5, 5.41) is 17.5. The summed E-state index contributed by atoms with van der Waals surface area (Å²) in [6.45, 7) is 2.30. The van der Waals surface area contributed by atoms with Gasteiger partial charge in [-0.1, -0.05) is 12.8 Å². The second-order valence-corrected chi connectivity index (χ2v) is 5.65. The molecule has 1 aliphatic rings. The molecule has 1 rings (SSSR count). The molecule has 100 valence electrons. The molecule has 0 amide bonds. The van der Waals surface area contributed by atoms with Crippen LogP contribution in [-0.2, 0) is 4.79 Å². The lowest BCUT2D eigenvalue weighted by Crippen LogP contribution is -2.43. The maximum absolute atomic E-state index is 10.8. The predicted molar refractivity (Wildman–Crippen MR) is 70.5 cm³/mol. The average Bonchev–Trinajstić information content (AvgIpc) is 2.30. The Kier molecular flexibility index (Phi) is 7.64. The van der Waals surface area contributed by atoms with Gasteiger partial charge in [0.2, 0.25) is 0 Å². The third kappa shape index (κ3) is 6.29. The molecule has 0 aromatic heterocycles. The van der Waals surface area contributed by atoms with Crippen LogP contribution in [0.25, 0.3) is 0 Å². The fourth-order valence-electron chi connectivity index (χ4n) is 2.15. The van der Waals surface area contributed by atoms with Gasteiger partial charge in [0, 0.05) is 30.7 Å². The van der Waals surface area contributed by atoms with E-state index in [2.05, 4.69) is 4.90 Å². The largest absolute Gasteiger partial charge is 0.481 e. The van der Waals surface area contributed by atoms with E-state index in [4.69, 9.17) is 10.2 Å². The molecule has 1 atom stereocenters. The van der Waals surface area contributed by atoms with Crippen molar-refractivity contribution in [1.29, 1.82) is 0 Å². The second kappa shape index (κ2) is 8.78. The van der Waals surface area contributed by atoms with Crippen molar-refractivity contribution in [3.8, 4) is 0 Å². The number of hydrogen-bond acceptors (Lipinski definition) is 4. The van der Waals surface area contributed by atoms with Crippen LogP contribution < -0.4 is 0 Å². The van der Waals surface area contributed by atoms with Crippen LogP contribution in [0.5, 0.6) is 0 Å². The summed E-state index contributed by atoms with van der Waals surface area (Å²) < 4.78 is 0. The Bertz CT molecular complexity index is 226. The zero-order valence-corrected chi connectivity index (χ0v) is 11.1.